The average molecular weight is 197 g/mol. The first-order valence-corrected chi connectivity index (χ1v) is 5.22. The first kappa shape index (κ1) is 13.1. The lowest BCUT2D eigenvalue weighted by Gasteiger charge is -2.18. The zero-order chi connectivity index (χ0) is 11.0. The molecule has 2 heteroatoms. The predicted molar refractivity (Wildman–Crippen MR) is 62.1 cm³/mol. The molecule has 0 atom stereocenters. The first-order valence-electron chi connectivity index (χ1n) is 5.22. The van der Waals surface area contributed by atoms with Crippen LogP contribution in [0.4, 0.5) is 0 Å². The van der Waals surface area contributed by atoms with Crippen LogP contribution in [-0.4, -0.2) is 25.6 Å². The topological polar surface area (TPSA) is 12.5 Å². The molecule has 0 aromatic heterocycles. The molecule has 0 aliphatic heterocycles. The van der Waals surface area contributed by atoms with Crippen molar-refractivity contribution in [2.45, 2.75) is 33.6 Å². The maximum Gasteiger partial charge on any atom is 0.0925 e. The highest BCUT2D eigenvalue weighted by Gasteiger charge is 1.96. The van der Waals surface area contributed by atoms with Gasteiger partial charge in [-0.2, -0.15) is 0 Å². The number of hydrogen-bond donors (Lipinski definition) is 0. The van der Waals surface area contributed by atoms with Gasteiger partial charge in [-0.3, -0.25) is 0 Å². The van der Waals surface area contributed by atoms with E-state index in [1.54, 1.807) is 7.11 Å². The minimum absolute atomic E-state index is 0.938. The van der Waals surface area contributed by atoms with Gasteiger partial charge in [-0.15, -0.1) is 0 Å². The summed E-state index contributed by atoms with van der Waals surface area (Å²) in [5, 5.41) is 0. The van der Waals surface area contributed by atoms with Crippen molar-refractivity contribution < 1.29 is 4.74 Å². The van der Waals surface area contributed by atoms with Gasteiger partial charge in [0, 0.05) is 19.3 Å². The van der Waals surface area contributed by atoms with Crippen LogP contribution >= 0.6 is 0 Å². The first-order chi connectivity index (χ1) is 6.61. The molecule has 0 heterocycles. The Balaban J connectivity index is 4.09. The molecule has 0 aromatic rings. The quantitative estimate of drug-likeness (QED) is 0.479. The Labute approximate surface area is 88.2 Å². The molecule has 0 aliphatic carbocycles. The molecular formula is C12H23NO. The van der Waals surface area contributed by atoms with Crippen LogP contribution in [-0.2, 0) is 4.74 Å². The Hall–Kier alpha value is -0.920. The summed E-state index contributed by atoms with van der Waals surface area (Å²) < 4.78 is 5.06. The molecule has 14 heavy (non-hydrogen) atoms. The zero-order valence-corrected chi connectivity index (χ0v) is 10.1. The summed E-state index contributed by atoms with van der Waals surface area (Å²) in [5.74, 6) is 0.938. The molecule has 2 nitrogen and oxygen atoms in total. The second kappa shape index (κ2) is 7.48. The van der Waals surface area contributed by atoms with E-state index in [4.69, 9.17) is 4.74 Å². The van der Waals surface area contributed by atoms with Crippen LogP contribution in [0.25, 0.3) is 0 Å². The van der Waals surface area contributed by atoms with E-state index >= 15 is 0 Å². The van der Waals surface area contributed by atoms with Crippen molar-refractivity contribution in [1.29, 1.82) is 0 Å². The molecule has 82 valence electrons. The number of hydrogen-bond acceptors (Lipinski definition) is 2. The molecule has 0 aliphatic rings. The van der Waals surface area contributed by atoms with Gasteiger partial charge in [-0.1, -0.05) is 13.3 Å². The monoisotopic (exact) mass is 197 g/mol. The van der Waals surface area contributed by atoms with E-state index in [-0.39, 0.29) is 0 Å². The van der Waals surface area contributed by atoms with Gasteiger partial charge >= 0.3 is 0 Å². The van der Waals surface area contributed by atoms with Crippen LogP contribution in [0.3, 0.4) is 0 Å². The fraction of sp³-hybridized carbons (Fsp3) is 0.667. The molecule has 0 N–H and O–H groups in total. The van der Waals surface area contributed by atoms with Gasteiger partial charge in [0.25, 0.3) is 0 Å². The van der Waals surface area contributed by atoms with Gasteiger partial charge in [0.2, 0.25) is 0 Å². The van der Waals surface area contributed by atoms with E-state index in [1.807, 2.05) is 13.0 Å². The second-order valence-electron chi connectivity index (χ2n) is 3.56. The Morgan fingerprint density at radius 1 is 1.29 bits per heavy atom. The molecule has 0 aromatic carbocycles. The van der Waals surface area contributed by atoms with Crippen molar-refractivity contribution >= 4 is 0 Å². The van der Waals surface area contributed by atoms with Crippen LogP contribution in [0.15, 0.2) is 23.6 Å². The highest BCUT2D eigenvalue weighted by Crippen LogP contribution is 2.04. The molecule has 0 rings (SSSR count). The van der Waals surface area contributed by atoms with E-state index in [0.717, 1.165) is 12.3 Å². The third-order valence-corrected chi connectivity index (χ3v) is 2.33. The molecule has 0 bridgehead atoms. The van der Waals surface area contributed by atoms with Crippen molar-refractivity contribution in [1.82, 2.24) is 4.90 Å². The summed E-state index contributed by atoms with van der Waals surface area (Å²) in [5.41, 5.74) is 1.27. The summed E-state index contributed by atoms with van der Waals surface area (Å²) in [4.78, 5) is 2.27. The summed E-state index contributed by atoms with van der Waals surface area (Å²) in [7, 11) is 3.81. The highest BCUT2D eigenvalue weighted by atomic mass is 16.5. The number of nitrogens with zero attached hydrogens (tertiary/aromatic N) is 1. The van der Waals surface area contributed by atoms with Crippen molar-refractivity contribution in [3.63, 3.8) is 0 Å². The van der Waals surface area contributed by atoms with Crippen molar-refractivity contribution in [2.75, 3.05) is 20.7 Å². The van der Waals surface area contributed by atoms with Gasteiger partial charge in [0.05, 0.1) is 12.9 Å². The molecule has 0 spiro atoms. The second-order valence-corrected chi connectivity index (χ2v) is 3.56. The van der Waals surface area contributed by atoms with Crippen LogP contribution < -0.4 is 0 Å². The van der Waals surface area contributed by atoms with E-state index < -0.39 is 0 Å². The molecule has 0 saturated carbocycles. The number of methoxy groups -OCH3 is 1. The van der Waals surface area contributed by atoms with Crippen LogP contribution in [0.5, 0.6) is 0 Å². The van der Waals surface area contributed by atoms with Crippen LogP contribution in [0, 0.1) is 0 Å². The van der Waals surface area contributed by atoms with Crippen molar-refractivity contribution in [3.8, 4) is 0 Å². The summed E-state index contributed by atoms with van der Waals surface area (Å²) in [6.07, 6.45) is 6.57. The fourth-order valence-electron chi connectivity index (χ4n) is 1.00. The minimum Gasteiger partial charge on any atom is -0.501 e. The molecule has 0 unspecified atom stereocenters. The fourth-order valence-corrected chi connectivity index (χ4v) is 1.00. The third-order valence-electron chi connectivity index (χ3n) is 2.33. The van der Waals surface area contributed by atoms with Crippen LogP contribution in [0.1, 0.15) is 33.6 Å². The summed E-state index contributed by atoms with van der Waals surface area (Å²) >= 11 is 0. The number of rotatable bonds is 6. The number of unbranched alkanes of at least 4 members (excludes halogenated alkanes) is 1. The number of ether oxygens (including phenoxy) is 1. The van der Waals surface area contributed by atoms with E-state index in [2.05, 4.69) is 31.9 Å². The molecule has 0 fully saturated rings. The summed E-state index contributed by atoms with van der Waals surface area (Å²) in [6, 6.07) is 0. The van der Waals surface area contributed by atoms with Crippen molar-refractivity contribution in [2.24, 2.45) is 0 Å². The minimum atomic E-state index is 0.938. The van der Waals surface area contributed by atoms with Gasteiger partial charge in [0.15, 0.2) is 0 Å². The molecular weight excluding hydrogens is 174 g/mol. The lowest BCUT2D eigenvalue weighted by Crippen LogP contribution is -2.16. The molecule has 0 radical (unpaired) electrons. The maximum absolute atomic E-state index is 5.06. The largest absolute Gasteiger partial charge is 0.501 e. The highest BCUT2D eigenvalue weighted by molar-refractivity contribution is 5.11. The lowest BCUT2D eigenvalue weighted by atomic mass is 10.3. The number of allylic oxidation sites excluding steroid dienone is 4. The maximum atomic E-state index is 5.06. The van der Waals surface area contributed by atoms with Gasteiger partial charge in [-0.05, 0) is 32.4 Å². The normalized spacial score (nSPS) is 12.9. The van der Waals surface area contributed by atoms with E-state index in [1.165, 1.54) is 18.5 Å². The SMILES string of the molecule is CCCCN(C)/C(C)=C/C=C(\C)OC. The molecule has 0 saturated heterocycles. The van der Waals surface area contributed by atoms with Crippen molar-refractivity contribution in [3.05, 3.63) is 23.6 Å². The van der Waals surface area contributed by atoms with E-state index in [9.17, 15) is 0 Å². The Bertz CT molecular complexity index is 206. The Morgan fingerprint density at radius 2 is 1.93 bits per heavy atom. The molecule has 0 amide bonds. The Kier molecular flexibility index (Phi) is 6.99. The van der Waals surface area contributed by atoms with Gasteiger partial charge in [-0.25, -0.2) is 0 Å². The predicted octanol–water partition coefficient (Wildman–Crippen LogP) is 3.17. The lowest BCUT2D eigenvalue weighted by molar-refractivity contribution is 0.293. The zero-order valence-electron chi connectivity index (χ0n) is 10.1. The summed E-state index contributed by atoms with van der Waals surface area (Å²) in [6.45, 7) is 7.41. The third kappa shape index (κ3) is 5.68. The van der Waals surface area contributed by atoms with E-state index in [0.29, 0.717) is 0 Å². The Morgan fingerprint density at radius 3 is 2.43 bits per heavy atom. The average Bonchev–Trinajstić information content (AvgIpc) is 2.21. The van der Waals surface area contributed by atoms with Gasteiger partial charge < -0.3 is 9.64 Å². The van der Waals surface area contributed by atoms with Crippen LogP contribution in [0.2, 0.25) is 0 Å². The smallest absolute Gasteiger partial charge is 0.0925 e. The standard InChI is InChI=1S/C12H23NO/c1-6-7-10-13(4)11(2)8-9-12(3)14-5/h8-9H,6-7,10H2,1-5H3/b11-8+,12-9+. The van der Waals surface area contributed by atoms with Gasteiger partial charge in [0.1, 0.15) is 0 Å².